The van der Waals surface area contributed by atoms with E-state index >= 15 is 0 Å². The molecule has 1 aromatic rings. The number of amides is 1. The van der Waals surface area contributed by atoms with Gasteiger partial charge in [0.1, 0.15) is 6.61 Å². The van der Waals surface area contributed by atoms with E-state index in [1.165, 1.54) is 0 Å². The normalized spacial score (nSPS) is 18.9. The van der Waals surface area contributed by atoms with E-state index in [0.29, 0.717) is 19.7 Å². The summed E-state index contributed by atoms with van der Waals surface area (Å²) in [5.74, 6) is 0. The first-order valence-corrected chi connectivity index (χ1v) is 6.76. The lowest BCUT2D eigenvalue weighted by Gasteiger charge is -2.17. The summed E-state index contributed by atoms with van der Waals surface area (Å²) < 4.78 is 11.0. The quantitative estimate of drug-likeness (QED) is 0.838. The van der Waals surface area contributed by atoms with Crippen molar-refractivity contribution in [2.75, 3.05) is 13.1 Å². The van der Waals surface area contributed by atoms with Gasteiger partial charge in [-0.3, -0.25) is 0 Å². The fraction of sp³-hybridized carbons (Fsp3) is 0.533. The van der Waals surface area contributed by atoms with Crippen molar-refractivity contribution < 1.29 is 14.3 Å². The second-order valence-electron chi connectivity index (χ2n) is 5.08. The lowest BCUT2D eigenvalue weighted by Crippen LogP contribution is -2.31. The van der Waals surface area contributed by atoms with Gasteiger partial charge in [0, 0.05) is 6.54 Å². The van der Waals surface area contributed by atoms with Crippen molar-refractivity contribution >= 4 is 6.09 Å². The maximum atomic E-state index is 11.9. The first-order chi connectivity index (χ1) is 9.15. The molecule has 1 atom stereocenters. The minimum atomic E-state index is -0.251. The van der Waals surface area contributed by atoms with Crippen LogP contribution in [-0.2, 0) is 16.1 Å². The largest absolute Gasteiger partial charge is 0.445 e. The third kappa shape index (κ3) is 4.24. The number of carbonyl (C=O) groups is 1. The van der Waals surface area contributed by atoms with Gasteiger partial charge in [-0.2, -0.15) is 0 Å². The first kappa shape index (κ1) is 13.9. The predicted octanol–water partition coefficient (Wildman–Crippen LogP) is 2.82. The molecule has 0 unspecified atom stereocenters. The maximum absolute atomic E-state index is 11.9. The Labute approximate surface area is 114 Å². The SMILES string of the molecule is CC(C)O[C@H]1CCN(C(=O)OCc2ccccc2)C1. The van der Waals surface area contributed by atoms with E-state index in [0.717, 1.165) is 12.0 Å². The second kappa shape index (κ2) is 6.57. The van der Waals surface area contributed by atoms with Gasteiger partial charge >= 0.3 is 6.09 Å². The Bertz CT molecular complexity index is 405. The van der Waals surface area contributed by atoms with Crippen molar-refractivity contribution in [3.8, 4) is 0 Å². The molecule has 19 heavy (non-hydrogen) atoms. The van der Waals surface area contributed by atoms with Gasteiger partial charge in [-0.05, 0) is 25.8 Å². The van der Waals surface area contributed by atoms with Crippen LogP contribution in [0.1, 0.15) is 25.8 Å². The minimum absolute atomic E-state index is 0.143. The smallest absolute Gasteiger partial charge is 0.410 e. The van der Waals surface area contributed by atoms with Crippen LogP contribution in [-0.4, -0.2) is 36.3 Å². The molecule has 1 aliphatic heterocycles. The summed E-state index contributed by atoms with van der Waals surface area (Å²) in [4.78, 5) is 13.6. The molecule has 104 valence electrons. The zero-order chi connectivity index (χ0) is 13.7. The zero-order valence-electron chi connectivity index (χ0n) is 11.5. The Hall–Kier alpha value is -1.55. The molecule has 0 spiro atoms. The zero-order valence-corrected chi connectivity index (χ0v) is 11.5. The van der Waals surface area contributed by atoms with Gasteiger partial charge in [0.05, 0.1) is 18.8 Å². The molecular formula is C15H21NO3. The lowest BCUT2D eigenvalue weighted by molar-refractivity contribution is 0.0129. The number of rotatable bonds is 4. The van der Waals surface area contributed by atoms with E-state index in [1.54, 1.807) is 4.90 Å². The lowest BCUT2D eigenvalue weighted by atomic mass is 10.2. The van der Waals surface area contributed by atoms with E-state index in [1.807, 2.05) is 44.2 Å². The molecule has 0 aliphatic carbocycles. The number of carbonyl (C=O) groups excluding carboxylic acids is 1. The molecule has 4 nitrogen and oxygen atoms in total. The highest BCUT2D eigenvalue weighted by Crippen LogP contribution is 2.15. The van der Waals surface area contributed by atoms with Crippen LogP contribution >= 0.6 is 0 Å². The topological polar surface area (TPSA) is 38.8 Å². The number of ether oxygens (including phenoxy) is 2. The Morgan fingerprint density at radius 1 is 1.37 bits per heavy atom. The van der Waals surface area contributed by atoms with Crippen molar-refractivity contribution in [2.45, 2.75) is 39.1 Å². The fourth-order valence-electron chi connectivity index (χ4n) is 2.20. The van der Waals surface area contributed by atoms with Gasteiger partial charge in [0.15, 0.2) is 0 Å². The third-order valence-corrected chi connectivity index (χ3v) is 3.07. The van der Waals surface area contributed by atoms with Crippen LogP contribution in [0.4, 0.5) is 4.79 Å². The highest BCUT2D eigenvalue weighted by Gasteiger charge is 2.28. The molecule has 1 saturated heterocycles. The van der Waals surface area contributed by atoms with Gasteiger partial charge in [-0.25, -0.2) is 4.79 Å². The standard InChI is InChI=1S/C15H21NO3/c1-12(2)19-14-8-9-16(10-14)15(17)18-11-13-6-4-3-5-7-13/h3-7,12,14H,8-11H2,1-2H3/t14-/m0/s1. The van der Waals surface area contributed by atoms with Crippen molar-refractivity contribution in [3.05, 3.63) is 35.9 Å². The average molecular weight is 263 g/mol. The van der Waals surface area contributed by atoms with Crippen LogP contribution in [0, 0.1) is 0 Å². The average Bonchev–Trinajstić information content (AvgIpc) is 2.85. The molecular weight excluding hydrogens is 242 g/mol. The molecule has 1 amide bonds. The molecule has 2 rings (SSSR count). The summed E-state index contributed by atoms with van der Waals surface area (Å²) in [5, 5.41) is 0. The van der Waals surface area contributed by atoms with Gasteiger partial charge in [-0.15, -0.1) is 0 Å². The molecule has 0 N–H and O–H groups in total. The van der Waals surface area contributed by atoms with Gasteiger partial charge in [-0.1, -0.05) is 30.3 Å². The van der Waals surface area contributed by atoms with Crippen molar-refractivity contribution in [2.24, 2.45) is 0 Å². The molecule has 0 radical (unpaired) electrons. The van der Waals surface area contributed by atoms with Crippen LogP contribution in [0.3, 0.4) is 0 Å². The van der Waals surface area contributed by atoms with Gasteiger partial charge < -0.3 is 14.4 Å². The number of benzene rings is 1. The minimum Gasteiger partial charge on any atom is -0.445 e. The highest BCUT2D eigenvalue weighted by atomic mass is 16.6. The summed E-state index contributed by atoms with van der Waals surface area (Å²) in [7, 11) is 0. The van der Waals surface area contributed by atoms with Crippen LogP contribution in [0.15, 0.2) is 30.3 Å². The Morgan fingerprint density at radius 3 is 2.79 bits per heavy atom. The fourth-order valence-corrected chi connectivity index (χ4v) is 2.20. The Morgan fingerprint density at radius 2 is 2.11 bits per heavy atom. The molecule has 1 fully saturated rings. The maximum Gasteiger partial charge on any atom is 0.410 e. The van der Waals surface area contributed by atoms with Crippen LogP contribution in [0.5, 0.6) is 0 Å². The third-order valence-electron chi connectivity index (χ3n) is 3.07. The second-order valence-corrected chi connectivity index (χ2v) is 5.08. The van der Waals surface area contributed by atoms with E-state index in [9.17, 15) is 4.79 Å². The van der Waals surface area contributed by atoms with E-state index in [4.69, 9.17) is 9.47 Å². The number of nitrogens with zero attached hydrogens (tertiary/aromatic N) is 1. The predicted molar refractivity (Wildman–Crippen MR) is 72.8 cm³/mol. The highest BCUT2D eigenvalue weighted by molar-refractivity contribution is 5.68. The van der Waals surface area contributed by atoms with Crippen molar-refractivity contribution in [3.63, 3.8) is 0 Å². The first-order valence-electron chi connectivity index (χ1n) is 6.76. The number of hydrogen-bond donors (Lipinski definition) is 0. The molecule has 0 aromatic heterocycles. The molecule has 0 bridgehead atoms. The van der Waals surface area contributed by atoms with Crippen LogP contribution < -0.4 is 0 Å². The van der Waals surface area contributed by atoms with E-state index in [2.05, 4.69) is 0 Å². The van der Waals surface area contributed by atoms with Crippen LogP contribution in [0.25, 0.3) is 0 Å². The summed E-state index contributed by atoms with van der Waals surface area (Å²) in [5.41, 5.74) is 1.00. The summed E-state index contributed by atoms with van der Waals surface area (Å²) >= 11 is 0. The molecule has 4 heteroatoms. The molecule has 1 heterocycles. The molecule has 1 aliphatic rings. The summed E-state index contributed by atoms with van der Waals surface area (Å²) in [6.07, 6.45) is 0.979. The monoisotopic (exact) mass is 263 g/mol. The van der Waals surface area contributed by atoms with Gasteiger partial charge in [0.2, 0.25) is 0 Å². The number of likely N-dealkylation sites (tertiary alicyclic amines) is 1. The number of hydrogen-bond acceptors (Lipinski definition) is 3. The Balaban J connectivity index is 1.75. The van der Waals surface area contributed by atoms with Crippen molar-refractivity contribution in [1.29, 1.82) is 0 Å². The van der Waals surface area contributed by atoms with Crippen molar-refractivity contribution in [1.82, 2.24) is 4.90 Å². The van der Waals surface area contributed by atoms with Crippen LogP contribution in [0.2, 0.25) is 0 Å². The molecule has 1 aromatic carbocycles. The molecule has 0 saturated carbocycles. The van der Waals surface area contributed by atoms with E-state index in [-0.39, 0.29) is 18.3 Å². The van der Waals surface area contributed by atoms with Gasteiger partial charge in [0.25, 0.3) is 0 Å². The Kier molecular flexibility index (Phi) is 4.80. The summed E-state index contributed by atoms with van der Waals surface area (Å²) in [6.45, 7) is 5.69. The summed E-state index contributed by atoms with van der Waals surface area (Å²) in [6, 6.07) is 9.71. The van der Waals surface area contributed by atoms with E-state index < -0.39 is 0 Å².